The van der Waals surface area contributed by atoms with E-state index in [0.717, 1.165) is 18.8 Å². The van der Waals surface area contributed by atoms with Crippen LogP contribution in [0.15, 0.2) is 24.3 Å². The van der Waals surface area contributed by atoms with Gasteiger partial charge in [-0.3, -0.25) is 4.79 Å². The lowest BCUT2D eigenvalue weighted by Crippen LogP contribution is -2.36. The molecule has 0 heterocycles. The lowest BCUT2D eigenvalue weighted by molar-refractivity contribution is -0.121. The third kappa shape index (κ3) is 8.24. The molecule has 0 unspecified atom stereocenters. The van der Waals surface area contributed by atoms with Gasteiger partial charge in [0, 0.05) is 18.4 Å². The Hall–Kier alpha value is -1.26. The van der Waals surface area contributed by atoms with Gasteiger partial charge in [0.15, 0.2) is 0 Å². The summed E-state index contributed by atoms with van der Waals surface area (Å²) in [7, 11) is 0. The number of hydrogen-bond donors (Lipinski definition) is 2. The first-order valence-corrected chi connectivity index (χ1v) is 8.05. The Balaban J connectivity index is 0.00000484. The predicted octanol–water partition coefficient (Wildman–Crippen LogP) is 3.28. The summed E-state index contributed by atoms with van der Waals surface area (Å²) in [5, 5.41) is 2.99. The Bertz CT molecular complexity index is 459. The molecular formula is C18H31ClN2O2. The second-order valence-corrected chi connectivity index (χ2v) is 6.78. The molecule has 132 valence electrons. The minimum atomic E-state index is -0.116. The third-order valence-corrected chi connectivity index (χ3v) is 3.55. The molecule has 0 bridgehead atoms. The number of halogens is 1. The van der Waals surface area contributed by atoms with Gasteiger partial charge in [0.2, 0.25) is 5.91 Å². The van der Waals surface area contributed by atoms with Gasteiger partial charge < -0.3 is 15.8 Å². The van der Waals surface area contributed by atoms with Crippen LogP contribution in [0.25, 0.3) is 0 Å². The fourth-order valence-electron chi connectivity index (χ4n) is 2.04. The van der Waals surface area contributed by atoms with Crippen LogP contribution in [0.3, 0.4) is 0 Å². The van der Waals surface area contributed by atoms with Gasteiger partial charge >= 0.3 is 0 Å². The highest BCUT2D eigenvalue weighted by molar-refractivity contribution is 5.85. The normalized spacial score (nSPS) is 11.0. The Kier molecular flexibility index (Phi) is 9.93. The number of benzene rings is 1. The largest absolute Gasteiger partial charge is 0.493 e. The highest BCUT2D eigenvalue weighted by Gasteiger charge is 2.21. The molecule has 0 aliphatic heterocycles. The Morgan fingerprint density at radius 1 is 1.26 bits per heavy atom. The first-order valence-electron chi connectivity index (χ1n) is 8.05. The van der Waals surface area contributed by atoms with Crippen molar-refractivity contribution in [2.24, 2.45) is 11.7 Å². The van der Waals surface area contributed by atoms with Gasteiger partial charge in [-0.15, -0.1) is 12.4 Å². The van der Waals surface area contributed by atoms with Gasteiger partial charge in [-0.1, -0.05) is 39.8 Å². The summed E-state index contributed by atoms with van der Waals surface area (Å²) in [5.41, 5.74) is 6.48. The Morgan fingerprint density at radius 2 is 1.87 bits per heavy atom. The summed E-state index contributed by atoms with van der Waals surface area (Å²) >= 11 is 0. The Labute approximate surface area is 146 Å². The van der Waals surface area contributed by atoms with E-state index in [2.05, 4.69) is 45.1 Å². The molecule has 0 radical (unpaired) electrons. The van der Waals surface area contributed by atoms with Gasteiger partial charge in [0.1, 0.15) is 5.75 Å². The van der Waals surface area contributed by atoms with Crippen molar-refractivity contribution in [2.75, 3.05) is 19.7 Å². The van der Waals surface area contributed by atoms with Crippen LogP contribution < -0.4 is 15.8 Å². The van der Waals surface area contributed by atoms with E-state index < -0.39 is 0 Å². The quantitative estimate of drug-likeness (QED) is 0.723. The smallest absolute Gasteiger partial charge is 0.220 e. The SMILES string of the molecule is CC(C)COc1ccc(C(C)(C)CNC(=O)CCCN)cc1.Cl. The fourth-order valence-corrected chi connectivity index (χ4v) is 2.04. The maximum atomic E-state index is 11.7. The molecule has 0 saturated carbocycles. The van der Waals surface area contributed by atoms with Crippen molar-refractivity contribution in [3.05, 3.63) is 29.8 Å². The topological polar surface area (TPSA) is 64.3 Å². The minimum absolute atomic E-state index is 0. The highest BCUT2D eigenvalue weighted by atomic mass is 35.5. The second kappa shape index (κ2) is 10.5. The van der Waals surface area contributed by atoms with Crippen molar-refractivity contribution < 1.29 is 9.53 Å². The molecule has 1 aromatic rings. The first kappa shape index (κ1) is 21.7. The van der Waals surface area contributed by atoms with E-state index in [1.54, 1.807) is 0 Å². The number of amides is 1. The average Bonchev–Trinajstić information content (AvgIpc) is 2.49. The number of ether oxygens (including phenoxy) is 1. The second-order valence-electron chi connectivity index (χ2n) is 6.78. The van der Waals surface area contributed by atoms with Crippen LogP contribution in [0.5, 0.6) is 5.75 Å². The Morgan fingerprint density at radius 3 is 2.39 bits per heavy atom. The van der Waals surface area contributed by atoms with Crippen LogP contribution in [0, 0.1) is 5.92 Å². The van der Waals surface area contributed by atoms with E-state index in [1.165, 1.54) is 5.56 Å². The number of hydrogen-bond acceptors (Lipinski definition) is 3. The lowest BCUT2D eigenvalue weighted by Gasteiger charge is -2.26. The highest BCUT2D eigenvalue weighted by Crippen LogP contribution is 2.24. The summed E-state index contributed by atoms with van der Waals surface area (Å²) in [6.45, 7) is 10.4. The summed E-state index contributed by atoms with van der Waals surface area (Å²) < 4.78 is 5.70. The van der Waals surface area contributed by atoms with Crippen molar-refractivity contribution in [3.8, 4) is 5.75 Å². The van der Waals surface area contributed by atoms with Gasteiger partial charge in [-0.2, -0.15) is 0 Å². The van der Waals surface area contributed by atoms with Crippen LogP contribution >= 0.6 is 12.4 Å². The van der Waals surface area contributed by atoms with E-state index in [0.29, 0.717) is 25.4 Å². The molecule has 1 aromatic carbocycles. The molecule has 0 aromatic heterocycles. The van der Waals surface area contributed by atoms with E-state index in [-0.39, 0.29) is 23.7 Å². The van der Waals surface area contributed by atoms with Gasteiger partial charge in [0.25, 0.3) is 0 Å². The van der Waals surface area contributed by atoms with Crippen molar-refractivity contribution in [1.29, 1.82) is 0 Å². The van der Waals surface area contributed by atoms with Gasteiger partial charge in [-0.05, 0) is 36.6 Å². The van der Waals surface area contributed by atoms with Gasteiger partial charge in [0.05, 0.1) is 6.61 Å². The molecule has 0 aliphatic carbocycles. The average molecular weight is 343 g/mol. The van der Waals surface area contributed by atoms with Crippen LogP contribution in [0.1, 0.15) is 46.1 Å². The fraction of sp³-hybridized carbons (Fsp3) is 0.611. The van der Waals surface area contributed by atoms with Gasteiger partial charge in [-0.25, -0.2) is 0 Å². The maximum absolute atomic E-state index is 11.7. The number of rotatable bonds is 9. The molecule has 0 saturated heterocycles. The summed E-state index contributed by atoms with van der Waals surface area (Å²) in [5.74, 6) is 1.47. The van der Waals surface area contributed by atoms with E-state index in [9.17, 15) is 4.79 Å². The van der Waals surface area contributed by atoms with Crippen molar-refractivity contribution in [1.82, 2.24) is 5.32 Å². The minimum Gasteiger partial charge on any atom is -0.493 e. The monoisotopic (exact) mass is 342 g/mol. The molecule has 3 N–H and O–H groups in total. The van der Waals surface area contributed by atoms with E-state index >= 15 is 0 Å². The zero-order chi connectivity index (χ0) is 16.6. The van der Waals surface area contributed by atoms with Crippen LogP contribution in [-0.2, 0) is 10.2 Å². The molecule has 0 atom stereocenters. The number of carbonyl (C=O) groups is 1. The molecule has 4 nitrogen and oxygen atoms in total. The zero-order valence-corrected chi connectivity index (χ0v) is 15.5. The molecule has 5 heteroatoms. The molecule has 1 rings (SSSR count). The zero-order valence-electron chi connectivity index (χ0n) is 14.7. The molecule has 0 fully saturated rings. The molecular weight excluding hydrogens is 312 g/mol. The van der Waals surface area contributed by atoms with Crippen LogP contribution in [0.2, 0.25) is 0 Å². The molecule has 23 heavy (non-hydrogen) atoms. The summed E-state index contributed by atoms with van der Waals surface area (Å²) in [4.78, 5) is 11.7. The molecule has 0 spiro atoms. The predicted molar refractivity (Wildman–Crippen MR) is 98.3 cm³/mol. The van der Waals surface area contributed by atoms with Crippen LogP contribution in [0.4, 0.5) is 0 Å². The standard InChI is InChI=1S/C18H30N2O2.ClH/c1-14(2)12-22-16-9-7-15(8-10-16)18(3,4)13-20-17(21)6-5-11-19;/h7-10,14H,5-6,11-13,19H2,1-4H3,(H,20,21);1H. The summed E-state index contributed by atoms with van der Waals surface area (Å²) in [6.07, 6.45) is 1.22. The van der Waals surface area contributed by atoms with Crippen molar-refractivity contribution >= 4 is 18.3 Å². The summed E-state index contributed by atoms with van der Waals surface area (Å²) in [6, 6.07) is 8.13. The number of nitrogens with two attached hydrogens (primary N) is 1. The lowest BCUT2D eigenvalue weighted by atomic mass is 9.84. The van der Waals surface area contributed by atoms with Crippen molar-refractivity contribution in [3.63, 3.8) is 0 Å². The first-order chi connectivity index (χ1) is 10.3. The maximum Gasteiger partial charge on any atom is 0.220 e. The molecule has 1 amide bonds. The number of carbonyl (C=O) groups excluding carboxylic acids is 1. The van der Waals surface area contributed by atoms with E-state index in [1.807, 2.05) is 12.1 Å². The number of nitrogens with one attached hydrogen (secondary N) is 1. The van der Waals surface area contributed by atoms with E-state index in [4.69, 9.17) is 10.5 Å². The van der Waals surface area contributed by atoms with Crippen molar-refractivity contribution in [2.45, 2.75) is 46.0 Å². The molecule has 0 aliphatic rings. The third-order valence-electron chi connectivity index (χ3n) is 3.55. The van der Waals surface area contributed by atoms with Crippen LogP contribution in [-0.4, -0.2) is 25.6 Å².